The Labute approximate surface area is 123 Å². The van der Waals surface area contributed by atoms with Crippen LogP contribution >= 0.6 is 0 Å². The normalized spacial score (nSPS) is 12.7. The molecule has 0 saturated carbocycles. The van der Waals surface area contributed by atoms with Crippen LogP contribution in [0.4, 0.5) is 0 Å². The summed E-state index contributed by atoms with van der Waals surface area (Å²) in [6, 6.07) is 5.93. The lowest BCUT2D eigenvalue weighted by Gasteiger charge is -2.22. The van der Waals surface area contributed by atoms with Crippen LogP contribution in [0.1, 0.15) is 38.8 Å². The summed E-state index contributed by atoms with van der Waals surface area (Å²) < 4.78 is 26.6. The molecule has 1 aromatic carbocycles. The molecule has 0 atom stereocenters. The number of nitrogens with one attached hydrogen (secondary N) is 1. The van der Waals surface area contributed by atoms with Crippen molar-refractivity contribution in [1.29, 1.82) is 0 Å². The maximum atomic E-state index is 12.6. The zero-order valence-corrected chi connectivity index (χ0v) is 14.1. The van der Waals surface area contributed by atoms with Gasteiger partial charge in [0.05, 0.1) is 4.90 Å². The molecule has 0 amide bonds. The molecule has 20 heavy (non-hydrogen) atoms. The molecule has 0 aromatic heterocycles. The molecule has 0 aliphatic heterocycles. The molecule has 5 heteroatoms. The molecule has 0 radical (unpaired) electrons. The summed E-state index contributed by atoms with van der Waals surface area (Å²) in [4.78, 5) is 0.400. The molecular formula is C15H26N2O2S. The van der Waals surface area contributed by atoms with E-state index < -0.39 is 10.0 Å². The van der Waals surface area contributed by atoms with Gasteiger partial charge in [-0.25, -0.2) is 8.42 Å². The van der Waals surface area contributed by atoms with Crippen LogP contribution in [0.25, 0.3) is 0 Å². The van der Waals surface area contributed by atoms with E-state index in [0.717, 1.165) is 11.1 Å². The van der Waals surface area contributed by atoms with Gasteiger partial charge in [0.2, 0.25) is 10.0 Å². The van der Waals surface area contributed by atoms with Gasteiger partial charge in [-0.05, 0) is 38.0 Å². The Morgan fingerprint density at radius 3 is 2.30 bits per heavy atom. The first-order valence-corrected chi connectivity index (χ1v) is 8.41. The lowest BCUT2D eigenvalue weighted by molar-refractivity contribution is 0.410. The largest absolute Gasteiger partial charge is 0.310 e. The second-order valence-corrected chi connectivity index (χ2v) is 7.72. The van der Waals surface area contributed by atoms with Crippen LogP contribution in [0.5, 0.6) is 0 Å². The summed E-state index contributed by atoms with van der Waals surface area (Å²) in [5, 5.41) is 3.30. The maximum Gasteiger partial charge on any atom is 0.243 e. The molecule has 0 aliphatic carbocycles. The van der Waals surface area contributed by atoms with E-state index in [1.54, 1.807) is 13.1 Å². The van der Waals surface area contributed by atoms with E-state index in [1.165, 1.54) is 4.31 Å². The Bertz CT molecular complexity index is 551. The van der Waals surface area contributed by atoms with Crippen molar-refractivity contribution < 1.29 is 8.42 Å². The third-order valence-corrected chi connectivity index (χ3v) is 5.53. The van der Waals surface area contributed by atoms with Gasteiger partial charge in [-0.2, -0.15) is 4.31 Å². The Morgan fingerprint density at radius 2 is 1.80 bits per heavy atom. The highest BCUT2D eigenvalue weighted by molar-refractivity contribution is 7.89. The Kier molecular flexibility index (Phi) is 5.74. The van der Waals surface area contributed by atoms with Gasteiger partial charge in [0.15, 0.2) is 0 Å². The van der Waals surface area contributed by atoms with E-state index in [9.17, 15) is 8.42 Å². The fraction of sp³-hybridized carbons (Fsp3) is 0.600. The fourth-order valence-electron chi connectivity index (χ4n) is 1.79. The number of hydrogen-bond donors (Lipinski definition) is 1. The van der Waals surface area contributed by atoms with E-state index in [1.807, 2.05) is 32.9 Å². The summed E-state index contributed by atoms with van der Waals surface area (Å²) in [6.45, 7) is 10.4. The zero-order valence-electron chi connectivity index (χ0n) is 13.3. The standard InChI is InChI=1S/C15H26N2O2S/c1-11(2)16-10-14-8-7-13(5)15(9-14)20(18,19)17(6)12(3)4/h7-9,11-12,16H,10H2,1-6H3. The summed E-state index contributed by atoms with van der Waals surface area (Å²) >= 11 is 0. The average Bonchev–Trinajstić information content (AvgIpc) is 2.36. The molecule has 0 spiro atoms. The second-order valence-electron chi connectivity index (χ2n) is 5.75. The highest BCUT2D eigenvalue weighted by Gasteiger charge is 2.24. The Hall–Kier alpha value is -0.910. The van der Waals surface area contributed by atoms with Crippen LogP contribution in [-0.4, -0.2) is 31.9 Å². The average molecular weight is 298 g/mol. The van der Waals surface area contributed by atoms with Crippen LogP contribution in [0.3, 0.4) is 0 Å². The highest BCUT2D eigenvalue weighted by Crippen LogP contribution is 2.22. The van der Waals surface area contributed by atoms with Crippen molar-refractivity contribution in [1.82, 2.24) is 9.62 Å². The lowest BCUT2D eigenvalue weighted by atomic mass is 10.1. The van der Waals surface area contributed by atoms with Crippen molar-refractivity contribution in [3.05, 3.63) is 29.3 Å². The third kappa shape index (κ3) is 4.04. The second kappa shape index (κ2) is 6.70. The van der Waals surface area contributed by atoms with Crippen LogP contribution in [0.2, 0.25) is 0 Å². The molecule has 1 rings (SSSR count). The summed E-state index contributed by atoms with van der Waals surface area (Å²) in [6.07, 6.45) is 0. The molecular weight excluding hydrogens is 272 g/mol. The first-order chi connectivity index (χ1) is 9.16. The smallest absolute Gasteiger partial charge is 0.243 e. The van der Waals surface area contributed by atoms with Gasteiger partial charge in [0.1, 0.15) is 0 Å². The number of sulfonamides is 1. The quantitative estimate of drug-likeness (QED) is 0.878. The number of hydrogen-bond acceptors (Lipinski definition) is 3. The van der Waals surface area contributed by atoms with Crippen LogP contribution in [0, 0.1) is 6.92 Å². The first kappa shape index (κ1) is 17.1. The molecule has 1 N–H and O–H groups in total. The van der Waals surface area contributed by atoms with Gasteiger partial charge in [0.25, 0.3) is 0 Å². The molecule has 114 valence electrons. The van der Waals surface area contributed by atoms with Crippen molar-refractivity contribution in [2.24, 2.45) is 0 Å². The Morgan fingerprint density at radius 1 is 1.20 bits per heavy atom. The number of aryl methyl sites for hydroxylation is 1. The predicted octanol–water partition coefficient (Wildman–Crippen LogP) is 2.52. The molecule has 0 fully saturated rings. The highest BCUT2D eigenvalue weighted by atomic mass is 32.2. The molecule has 0 bridgehead atoms. The minimum atomic E-state index is -3.42. The molecule has 0 saturated heterocycles. The zero-order chi connectivity index (χ0) is 15.5. The van der Waals surface area contributed by atoms with Gasteiger partial charge < -0.3 is 5.32 Å². The minimum absolute atomic E-state index is 0.0585. The minimum Gasteiger partial charge on any atom is -0.310 e. The van der Waals surface area contributed by atoms with Crippen LogP contribution < -0.4 is 5.32 Å². The van der Waals surface area contributed by atoms with E-state index in [-0.39, 0.29) is 6.04 Å². The Balaban J connectivity index is 3.14. The van der Waals surface area contributed by atoms with Crippen molar-refractivity contribution >= 4 is 10.0 Å². The summed E-state index contributed by atoms with van der Waals surface area (Å²) in [5.74, 6) is 0. The first-order valence-electron chi connectivity index (χ1n) is 6.97. The van der Waals surface area contributed by atoms with Crippen LogP contribution in [-0.2, 0) is 16.6 Å². The van der Waals surface area contributed by atoms with E-state index >= 15 is 0 Å². The molecule has 0 unspecified atom stereocenters. The van der Waals surface area contributed by atoms with Crippen molar-refractivity contribution in [3.8, 4) is 0 Å². The van der Waals surface area contributed by atoms with E-state index in [0.29, 0.717) is 17.5 Å². The predicted molar refractivity (Wildman–Crippen MR) is 83.2 cm³/mol. The van der Waals surface area contributed by atoms with Gasteiger partial charge in [0, 0.05) is 25.7 Å². The number of nitrogens with zero attached hydrogens (tertiary/aromatic N) is 1. The number of benzene rings is 1. The monoisotopic (exact) mass is 298 g/mol. The summed E-state index contributed by atoms with van der Waals surface area (Å²) in [5.41, 5.74) is 1.77. The van der Waals surface area contributed by atoms with Gasteiger partial charge >= 0.3 is 0 Å². The van der Waals surface area contributed by atoms with Gasteiger partial charge in [-0.3, -0.25) is 0 Å². The molecule has 0 heterocycles. The van der Waals surface area contributed by atoms with Crippen molar-refractivity contribution in [3.63, 3.8) is 0 Å². The van der Waals surface area contributed by atoms with Gasteiger partial charge in [-0.1, -0.05) is 26.0 Å². The SMILES string of the molecule is Cc1ccc(CNC(C)C)cc1S(=O)(=O)N(C)C(C)C. The van der Waals surface area contributed by atoms with Crippen molar-refractivity contribution in [2.45, 2.75) is 58.1 Å². The third-order valence-electron chi connectivity index (χ3n) is 3.35. The fourth-order valence-corrected chi connectivity index (χ4v) is 3.43. The molecule has 4 nitrogen and oxygen atoms in total. The summed E-state index contributed by atoms with van der Waals surface area (Å²) in [7, 11) is -1.80. The van der Waals surface area contributed by atoms with Crippen LogP contribution in [0.15, 0.2) is 23.1 Å². The molecule has 1 aromatic rings. The topological polar surface area (TPSA) is 49.4 Å². The molecule has 0 aliphatic rings. The van der Waals surface area contributed by atoms with Crippen molar-refractivity contribution in [2.75, 3.05) is 7.05 Å². The number of rotatable bonds is 6. The lowest BCUT2D eigenvalue weighted by Crippen LogP contribution is -2.33. The van der Waals surface area contributed by atoms with E-state index in [4.69, 9.17) is 0 Å². The van der Waals surface area contributed by atoms with E-state index in [2.05, 4.69) is 19.2 Å². The maximum absolute atomic E-state index is 12.6. The van der Waals surface area contributed by atoms with Gasteiger partial charge in [-0.15, -0.1) is 0 Å².